The number of rotatable bonds is 15. The lowest BCUT2D eigenvalue weighted by Crippen LogP contribution is -1.95. The maximum Gasteiger partial charge on any atom is 0.147 e. The standard InChI is InChI=1S/C31H39N3O/c1-2-3-4-5-6-7-8-9-13-17-26-19-20-27(33-26)22-30-31(35-24-25-15-11-10-12-16-25)23-29(34-30)28-18-14-21-32-28/h10-12,14-16,18-23,32-33H,2-9,13,17,24H2,1H3/b30-22-. The topological polar surface area (TPSA) is 53.2 Å². The minimum atomic E-state index is 0.520. The van der Waals surface area contributed by atoms with Gasteiger partial charge in [0.1, 0.15) is 18.1 Å². The molecule has 184 valence electrons. The molecule has 2 N–H and O–H groups in total. The van der Waals surface area contributed by atoms with E-state index < -0.39 is 0 Å². The lowest BCUT2D eigenvalue weighted by atomic mass is 10.1. The van der Waals surface area contributed by atoms with Crippen molar-refractivity contribution in [2.45, 2.75) is 77.7 Å². The van der Waals surface area contributed by atoms with Crippen LogP contribution in [-0.4, -0.2) is 15.7 Å². The lowest BCUT2D eigenvalue weighted by Gasteiger charge is -2.08. The van der Waals surface area contributed by atoms with Gasteiger partial charge in [-0.3, -0.25) is 0 Å². The lowest BCUT2D eigenvalue weighted by molar-refractivity contribution is 0.208. The van der Waals surface area contributed by atoms with Crippen LogP contribution in [0.1, 0.15) is 87.4 Å². The number of nitrogens with zero attached hydrogens (tertiary/aromatic N) is 1. The van der Waals surface area contributed by atoms with Crippen LogP contribution in [0, 0.1) is 0 Å². The van der Waals surface area contributed by atoms with Crippen LogP contribution in [-0.2, 0) is 17.8 Å². The second kappa shape index (κ2) is 13.6. The molecule has 1 aliphatic heterocycles. The molecule has 0 fully saturated rings. The SMILES string of the molecule is CCCCCCCCCCCc1ccc(/C=C2\N=C(c3ccc[nH]3)C=C2OCc2ccccc2)[nH]1. The smallest absolute Gasteiger partial charge is 0.147 e. The summed E-state index contributed by atoms with van der Waals surface area (Å²) in [6, 6.07) is 18.6. The van der Waals surface area contributed by atoms with E-state index in [4.69, 9.17) is 9.73 Å². The van der Waals surface area contributed by atoms with Crippen molar-refractivity contribution >= 4 is 11.8 Å². The molecule has 0 saturated carbocycles. The van der Waals surface area contributed by atoms with Crippen molar-refractivity contribution in [2.24, 2.45) is 4.99 Å². The van der Waals surface area contributed by atoms with Crippen molar-refractivity contribution in [3.05, 3.63) is 101 Å². The molecule has 0 amide bonds. The van der Waals surface area contributed by atoms with E-state index >= 15 is 0 Å². The highest BCUT2D eigenvalue weighted by Gasteiger charge is 2.18. The summed E-state index contributed by atoms with van der Waals surface area (Å²) in [6.45, 7) is 2.80. The fraction of sp³-hybridized carbons (Fsp3) is 0.387. The number of nitrogens with one attached hydrogen (secondary N) is 2. The van der Waals surface area contributed by atoms with Gasteiger partial charge in [-0.1, -0.05) is 88.6 Å². The van der Waals surface area contributed by atoms with Crippen molar-refractivity contribution in [3.8, 4) is 0 Å². The number of benzene rings is 1. The van der Waals surface area contributed by atoms with Gasteiger partial charge in [0.2, 0.25) is 0 Å². The number of aryl methyl sites for hydroxylation is 1. The molecular weight excluding hydrogens is 430 g/mol. The fourth-order valence-electron chi connectivity index (χ4n) is 4.46. The molecule has 4 rings (SSSR count). The van der Waals surface area contributed by atoms with Crippen LogP contribution in [0.2, 0.25) is 0 Å². The summed E-state index contributed by atoms with van der Waals surface area (Å²) < 4.78 is 6.19. The van der Waals surface area contributed by atoms with Crippen LogP contribution in [0.4, 0.5) is 0 Å². The molecule has 35 heavy (non-hydrogen) atoms. The number of aromatic nitrogens is 2. The Balaban J connectivity index is 1.31. The third kappa shape index (κ3) is 7.88. The molecule has 4 heteroatoms. The Bertz CT molecular complexity index is 1100. The second-order valence-corrected chi connectivity index (χ2v) is 9.41. The van der Waals surface area contributed by atoms with E-state index in [9.17, 15) is 0 Å². The maximum absolute atomic E-state index is 6.19. The van der Waals surface area contributed by atoms with E-state index in [1.54, 1.807) is 0 Å². The van der Waals surface area contributed by atoms with Crippen molar-refractivity contribution < 1.29 is 4.74 Å². The molecule has 0 aliphatic carbocycles. The van der Waals surface area contributed by atoms with E-state index in [0.717, 1.165) is 40.5 Å². The molecule has 2 aromatic heterocycles. The Morgan fingerprint density at radius 1 is 0.829 bits per heavy atom. The van der Waals surface area contributed by atoms with Crippen molar-refractivity contribution in [3.63, 3.8) is 0 Å². The zero-order chi connectivity index (χ0) is 24.1. The van der Waals surface area contributed by atoms with Gasteiger partial charge in [0.25, 0.3) is 0 Å². The highest BCUT2D eigenvalue weighted by molar-refractivity contribution is 6.11. The summed E-state index contributed by atoms with van der Waals surface area (Å²) in [5.74, 6) is 0.800. The summed E-state index contributed by atoms with van der Waals surface area (Å²) in [5, 5.41) is 0. The average Bonchev–Trinajstić information content (AvgIpc) is 3.64. The molecule has 0 radical (unpaired) electrons. The number of unbranched alkanes of at least 4 members (excludes halogenated alkanes) is 8. The Kier molecular flexibility index (Phi) is 9.64. The first kappa shape index (κ1) is 24.8. The first-order valence-corrected chi connectivity index (χ1v) is 13.3. The van der Waals surface area contributed by atoms with Gasteiger partial charge in [-0.05, 0) is 48.7 Å². The van der Waals surface area contributed by atoms with Gasteiger partial charge in [-0.2, -0.15) is 0 Å². The Morgan fingerprint density at radius 3 is 2.34 bits per heavy atom. The van der Waals surface area contributed by atoms with Crippen LogP contribution in [0.3, 0.4) is 0 Å². The van der Waals surface area contributed by atoms with Crippen LogP contribution in [0.15, 0.2) is 83.3 Å². The first-order chi connectivity index (χ1) is 17.3. The van der Waals surface area contributed by atoms with Gasteiger partial charge in [0, 0.05) is 23.7 Å². The summed E-state index contributed by atoms with van der Waals surface area (Å²) in [6.07, 6.45) is 19.3. The number of aliphatic imine (C=N–C) groups is 1. The van der Waals surface area contributed by atoms with Gasteiger partial charge >= 0.3 is 0 Å². The Labute approximate surface area is 210 Å². The Morgan fingerprint density at radius 2 is 1.60 bits per heavy atom. The summed E-state index contributed by atoms with van der Waals surface area (Å²) in [4.78, 5) is 11.7. The van der Waals surface area contributed by atoms with E-state index in [1.165, 1.54) is 63.5 Å². The summed E-state index contributed by atoms with van der Waals surface area (Å²) in [5.41, 5.74) is 6.24. The van der Waals surface area contributed by atoms with Gasteiger partial charge in [-0.25, -0.2) is 4.99 Å². The largest absolute Gasteiger partial charge is 0.487 e. The normalized spacial score (nSPS) is 14.4. The minimum absolute atomic E-state index is 0.520. The molecule has 1 aromatic carbocycles. The van der Waals surface area contributed by atoms with Gasteiger partial charge in [-0.15, -0.1) is 0 Å². The number of hydrogen-bond donors (Lipinski definition) is 2. The molecule has 4 nitrogen and oxygen atoms in total. The third-order valence-corrected chi connectivity index (χ3v) is 6.48. The van der Waals surface area contributed by atoms with Gasteiger partial charge < -0.3 is 14.7 Å². The fourth-order valence-corrected chi connectivity index (χ4v) is 4.46. The van der Waals surface area contributed by atoms with Crippen LogP contribution in [0.25, 0.3) is 6.08 Å². The molecule has 0 spiro atoms. The number of hydrogen-bond acceptors (Lipinski definition) is 2. The number of H-pyrrole nitrogens is 2. The highest BCUT2D eigenvalue weighted by atomic mass is 16.5. The zero-order valence-corrected chi connectivity index (χ0v) is 21.1. The van der Waals surface area contributed by atoms with E-state index in [0.29, 0.717) is 6.61 Å². The number of allylic oxidation sites excluding steroid dienone is 1. The third-order valence-electron chi connectivity index (χ3n) is 6.48. The van der Waals surface area contributed by atoms with Crippen molar-refractivity contribution in [1.29, 1.82) is 0 Å². The molecule has 3 aromatic rings. The first-order valence-electron chi connectivity index (χ1n) is 13.3. The van der Waals surface area contributed by atoms with Crippen LogP contribution < -0.4 is 0 Å². The molecular formula is C31H39N3O. The van der Waals surface area contributed by atoms with Crippen molar-refractivity contribution in [2.75, 3.05) is 0 Å². The average molecular weight is 470 g/mol. The van der Waals surface area contributed by atoms with Crippen molar-refractivity contribution in [1.82, 2.24) is 9.97 Å². The monoisotopic (exact) mass is 469 g/mol. The zero-order valence-electron chi connectivity index (χ0n) is 21.1. The van der Waals surface area contributed by atoms with E-state index in [2.05, 4.69) is 47.2 Å². The van der Waals surface area contributed by atoms with Gasteiger partial charge in [0.15, 0.2) is 0 Å². The van der Waals surface area contributed by atoms with Gasteiger partial charge in [0.05, 0.1) is 11.4 Å². The van der Waals surface area contributed by atoms with E-state index in [-0.39, 0.29) is 0 Å². The minimum Gasteiger partial charge on any atom is -0.487 e. The molecule has 0 bridgehead atoms. The maximum atomic E-state index is 6.19. The van der Waals surface area contributed by atoms with E-state index in [1.807, 2.05) is 42.6 Å². The predicted molar refractivity (Wildman–Crippen MR) is 146 cm³/mol. The highest BCUT2D eigenvalue weighted by Crippen LogP contribution is 2.26. The molecule has 1 aliphatic rings. The summed E-state index contributed by atoms with van der Waals surface area (Å²) in [7, 11) is 0. The van der Waals surface area contributed by atoms with Crippen LogP contribution >= 0.6 is 0 Å². The number of ether oxygens (including phenoxy) is 1. The quantitative estimate of drug-likeness (QED) is 0.216. The molecule has 0 saturated heterocycles. The second-order valence-electron chi connectivity index (χ2n) is 9.41. The van der Waals surface area contributed by atoms with Crippen LogP contribution in [0.5, 0.6) is 0 Å². The molecule has 3 heterocycles. The summed E-state index contributed by atoms with van der Waals surface area (Å²) >= 11 is 0. The molecule has 0 unspecified atom stereocenters. The number of aromatic amines is 2. The molecule has 0 atom stereocenters. The predicted octanol–water partition coefficient (Wildman–Crippen LogP) is 8.36. The Hall–Kier alpha value is -3.27.